The number of amides is 2. The van der Waals surface area contributed by atoms with Crippen LogP contribution in [0.3, 0.4) is 0 Å². The summed E-state index contributed by atoms with van der Waals surface area (Å²) in [6.45, 7) is 5.36. The van der Waals surface area contributed by atoms with Crippen LogP contribution in [0.15, 0.2) is 60.7 Å². The standard InChI is InChI=1S/C28H29Cl2N3O3/c29-25-9-8-23(17-26(25)30)28(35)33-14-15-36-24(19-33)18-31-10-3-11-32(13-12-31)27(34)22-7-6-20-4-1-2-5-21(20)16-22/h1-2,4-9,16-17,24H,3,10-15,18-19H2/t24-/m0/s1. The Morgan fingerprint density at radius 2 is 1.53 bits per heavy atom. The fourth-order valence-corrected chi connectivity index (χ4v) is 5.27. The Labute approximate surface area is 221 Å². The molecule has 0 spiro atoms. The summed E-state index contributed by atoms with van der Waals surface area (Å²) in [6, 6.07) is 19.0. The van der Waals surface area contributed by atoms with Crippen molar-refractivity contribution in [1.82, 2.24) is 14.7 Å². The molecule has 2 heterocycles. The van der Waals surface area contributed by atoms with Crippen LogP contribution < -0.4 is 0 Å². The van der Waals surface area contributed by atoms with Crippen molar-refractivity contribution in [1.29, 1.82) is 0 Å². The lowest BCUT2D eigenvalue weighted by Gasteiger charge is -2.35. The second kappa shape index (κ2) is 11.2. The van der Waals surface area contributed by atoms with Gasteiger partial charge in [0.15, 0.2) is 0 Å². The minimum absolute atomic E-state index is 0.0649. The molecule has 2 aliphatic heterocycles. The number of carbonyl (C=O) groups excluding carboxylic acids is 2. The Morgan fingerprint density at radius 1 is 0.778 bits per heavy atom. The topological polar surface area (TPSA) is 53.1 Å². The number of benzene rings is 3. The summed E-state index contributed by atoms with van der Waals surface area (Å²) < 4.78 is 6.00. The second-order valence-corrected chi connectivity index (χ2v) is 10.2. The predicted molar refractivity (Wildman–Crippen MR) is 143 cm³/mol. The van der Waals surface area contributed by atoms with Crippen LogP contribution in [0, 0.1) is 0 Å². The van der Waals surface area contributed by atoms with Crippen LogP contribution in [-0.4, -0.2) is 85.0 Å². The Morgan fingerprint density at radius 3 is 2.36 bits per heavy atom. The molecule has 0 N–H and O–H groups in total. The lowest BCUT2D eigenvalue weighted by molar-refractivity contribution is -0.0353. The maximum atomic E-state index is 13.2. The Bertz CT molecular complexity index is 1270. The van der Waals surface area contributed by atoms with Crippen molar-refractivity contribution < 1.29 is 14.3 Å². The van der Waals surface area contributed by atoms with Crippen LogP contribution in [0.25, 0.3) is 10.8 Å². The van der Waals surface area contributed by atoms with Gasteiger partial charge in [-0.1, -0.05) is 53.5 Å². The number of rotatable bonds is 4. The first-order chi connectivity index (χ1) is 17.5. The molecule has 1 atom stereocenters. The number of hydrogen-bond donors (Lipinski definition) is 0. The Balaban J connectivity index is 1.17. The highest BCUT2D eigenvalue weighted by Gasteiger charge is 2.28. The van der Waals surface area contributed by atoms with Gasteiger partial charge in [-0.2, -0.15) is 0 Å². The van der Waals surface area contributed by atoms with E-state index in [2.05, 4.69) is 11.0 Å². The summed E-state index contributed by atoms with van der Waals surface area (Å²) in [7, 11) is 0. The molecular formula is C28H29Cl2N3O3. The van der Waals surface area contributed by atoms with Gasteiger partial charge >= 0.3 is 0 Å². The molecule has 0 saturated carbocycles. The Hall–Kier alpha value is -2.64. The molecule has 0 aliphatic carbocycles. The van der Waals surface area contributed by atoms with Gasteiger partial charge in [0.2, 0.25) is 0 Å². The Kier molecular flexibility index (Phi) is 7.77. The summed E-state index contributed by atoms with van der Waals surface area (Å²) in [5.74, 6) is 0.0137. The monoisotopic (exact) mass is 525 g/mol. The zero-order valence-corrected chi connectivity index (χ0v) is 21.5. The van der Waals surface area contributed by atoms with E-state index in [1.54, 1.807) is 18.2 Å². The second-order valence-electron chi connectivity index (χ2n) is 9.38. The zero-order valence-electron chi connectivity index (χ0n) is 20.0. The molecule has 8 heteroatoms. The highest BCUT2D eigenvalue weighted by Crippen LogP contribution is 2.24. The van der Waals surface area contributed by atoms with E-state index in [-0.39, 0.29) is 17.9 Å². The van der Waals surface area contributed by atoms with Gasteiger partial charge < -0.3 is 14.5 Å². The van der Waals surface area contributed by atoms with Crippen molar-refractivity contribution in [3.05, 3.63) is 81.8 Å². The van der Waals surface area contributed by atoms with Crippen molar-refractivity contribution in [2.75, 3.05) is 52.4 Å². The van der Waals surface area contributed by atoms with Gasteiger partial charge in [-0.25, -0.2) is 0 Å². The first-order valence-electron chi connectivity index (χ1n) is 12.3. The average Bonchev–Trinajstić information content (AvgIpc) is 3.15. The molecule has 36 heavy (non-hydrogen) atoms. The maximum absolute atomic E-state index is 13.2. The molecule has 0 radical (unpaired) electrons. The van der Waals surface area contributed by atoms with E-state index >= 15 is 0 Å². The highest BCUT2D eigenvalue weighted by atomic mass is 35.5. The summed E-state index contributed by atoms with van der Waals surface area (Å²) in [6.07, 6.45) is 0.825. The molecule has 0 bridgehead atoms. The minimum atomic E-state index is -0.0757. The third-order valence-corrected chi connectivity index (χ3v) is 7.67. The van der Waals surface area contributed by atoms with Gasteiger partial charge in [-0.3, -0.25) is 14.5 Å². The van der Waals surface area contributed by atoms with E-state index in [0.29, 0.717) is 41.8 Å². The molecule has 2 fully saturated rings. The summed E-state index contributed by atoms with van der Waals surface area (Å²) in [5, 5.41) is 3.02. The predicted octanol–water partition coefficient (Wildman–Crippen LogP) is 4.84. The summed E-state index contributed by atoms with van der Waals surface area (Å²) in [4.78, 5) is 32.3. The highest BCUT2D eigenvalue weighted by molar-refractivity contribution is 6.42. The molecule has 3 aromatic rings. The number of hydrogen-bond acceptors (Lipinski definition) is 4. The lowest BCUT2D eigenvalue weighted by Crippen LogP contribution is -2.50. The van der Waals surface area contributed by atoms with Crippen LogP contribution >= 0.6 is 23.2 Å². The molecule has 2 saturated heterocycles. The maximum Gasteiger partial charge on any atom is 0.254 e. The van der Waals surface area contributed by atoms with Crippen LogP contribution in [-0.2, 0) is 4.74 Å². The number of fused-ring (bicyclic) bond motifs is 1. The van der Waals surface area contributed by atoms with Gasteiger partial charge in [-0.15, -0.1) is 0 Å². The number of carbonyl (C=O) groups is 2. The van der Waals surface area contributed by atoms with Crippen LogP contribution in [0.1, 0.15) is 27.1 Å². The van der Waals surface area contributed by atoms with Crippen LogP contribution in [0.4, 0.5) is 0 Å². The van der Waals surface area contributed by atoms with Crippen molar-refractivity contribution in [2.24, 2.45) is 0 Å². The molecule has 3 aromatic carbocycles. The van der Waals surface area contributed by atoms with E-state index in [4.69, 9.17) is 27.9 Å². The first kappa shape index (κ1) is 25.0. The van der Waals surface area contributed by atoms with E-state index < -0.39 is 0 Å². The van der Waals surface area contributed by atoms with Crippen molar-refractivity contribution >= 4 is 45.8 Å². The van der Waals surface area contributed by atoms with E-state index in [0.717, 1.165) is 48.9 Å². The number of halogens is 2. The molecule has 2 aliphatic rings. The van der Waals surface area contributed by atoms with Gasteiger partial charge in [0.25, 0.3) is 11.8 Å². The third-order valence-electron chi connectivity index (χ3n) is 6.93. The minimum Gasteiger partial charge on any atom is -0.373 e. The number of ether oxygens (including phenoxy) is 1. The fraction of sp³-hybridized carbons (Fsp3) is 0.357. The van der Waals surface area contributed by atoms with E-state index in [1.807, 2.05) is 46.2 Å². The quantitative estimate of drug-likeness (QED) is 0.489. The zero-order chi connectivity index (χ0) is 25.1. The van der Waals surface area contributed by atoms with Crippen LogP contribution in [0.2, 0.25) is 10.0 Å². The van der Waals surface area contributed by atoms with E-state index in [1.165, 1.54) is 0 Å². The molecule has 0 unspecified atom stereocenters. The van der Waals surface area contributed by atoms with Crippen molar-refractivity contribution in [3.63, 3.8) is 0 Å². The van der Waals surface area contributed by atoms with Gasteiger partial charge in [-0.05, 0) is 54.1 Å². The van der Waals surface area contributed by atoms with Gasteiger partial charge in [0.1, 0.15) is 0 Å². The lowest BCUT2D eigenvalue weighted by atomic mass is 10.1. The normalized spacial score (nSPS) is 19.3. The largest absolute Gasteiger partial charge is 0.373 e. The van der Waals surface area contributed by atoms with Crippen molar-refractivity contribution in [2.45, 2.75) is 12.5 Å². The fourth-order valence-electron chi connectivity index (χ4n) is 4.98. The van der Waals surface area contributed by atoms with Gasteiger partial charge in [0, 0.05) is 50.4 Å². The third kappa shape index (κ3) is 5.68. The SMILES string of the molecule is O=C(c1ccc2ccccc2c1)N1CCCN(C[C@H]2CN(C(=O)c3ccc(Cl)c(Cl)c3)CCO2)CC1. The number of morpholine rings is 1. The molecule has 6 nitrogen and oxygen atoms in total. The number of nitrogens with zero attached hydrogens (tertiary/aromatic N) is 3. The molecular weight excluding hydrogens is 497 g/mol. The molecule has 188 valence electrons. The molecule has 5 rings (SSSR count). The molecule has 0 aromatic heterocycles. The van der Waals surface area contributed by atoms with Crippen LogP contribution in [0.5, 0.6) is 0 Å². The molecule has 2 amide bonds. The summed E-state index contributed by atoms with van der Waals surface area (Å²) in [5.41, 5.74) is 1.26. The average molecular weight is 526 g/mol. The van der Waals surface area contributed by atoms with Crippen molar-refractivity contribution in [3.8, 4) is 0 Å². The first-order valence-corrected chi connectivity index (χ1v) is 13.1. The van der Waals surface area contributed by atoms with Gasteiger partial charge in [0.05, 0.1) is 22.8 Å². The summed E-state index contributed by atoms with van der Waals surface area (Å²) >= 11 is 12.1. The smallest absolute Gasteiger partial charge is 0.254 e. The van der Waals surface area contributed by atoms with E-state index in [9.17, 15) is 9.59 Å².